The number of amides is 2. The Hall–Kier alpha value is -3.14. The second-order valence-corrected chi connectivity index (χ2v) is 9.85. The first-order valence-electron chi connectivity index (χ1n) is 10.2. The van der Waals surface area contributed by atoms with Gasteiger partial charge in [0.25, 0.3) is 5.91 Å². The molecule has 0 atom stereocenters. The lowest BCUT2D eigenvalue weighted by Crippen LogP contribution is -2.25. The third kappa shape index (κ3) is 8.05. The summed E-state index contributed by atoms with van der Waals surface area (Å²) in [7, 11) is -3.71. The monoisotopic (exact) mass is 483 g/mol. The Morgan fingerprint density at radius 2 is 1.48 bits per heavy atom. The molecule has 3 rings (SSSR count). The Labute approximate surface area is 197 Å². The topological polar surface area (TPSA) is 118 Å². The summed E-state index contributed by atoms with van der Waals surface area (Å²) in [6.45, 7) is 0.418. The zero-order chi connectivity index (χ0) is 23.7. The fourth-order valence-electron chi connectivity index (χ4n) is 3.00. The standard InChI is InChI=1S/C24H25N3O4S2/c25-33(30,31)22-12-8-18(9-13-22)14-15-26-24(29)20-10-6-19(7-11-20)16-32-17-23(28)27-21-4-2-1-3-5-21/h1-13H,14-17H2,(H,26,29)(H,27,28)(H2,25,30,31). The van der Waals surface area contributed by atoms with Crippen LogP contribution < -0.4 is 15.8 Å². The first-order valence-corrected chi connectivity index (χ1v) is 12.9. The van der Waals surface area contributed by atoms with Crippen LogP contribution in [0.25, 0.3) is 0 Å². The number of nitrogens with one attached hydrogen (secondary N) is 2. The van der Waals surface area contributed by atoms with E-state index in [0.717, 1.165) is 16.8 Å². The van der Waals surface area contributed by atoms with Crippen LogP contribution >= 0.6 is 11.8 Å². The van der Waals surface area contributed by atoms with Crippen LogP contribution in [0.4, 0.5) is 5.69 Å². The number of hydrogen-bond acceptors (Lipinski definition) is 5. The number of hydrogen-bond donors (Lipinski definition) is 3. The maximum atomic E-state index is 12.3. The Bertz CT molecular complexity index is 1180. The number of carbonyl (C=O) groups excluding carboxylic acids is 2. The van der Waals surface area contributed by atoms with Crippen LogP contribution in [0.5, 0.6) is 0 Å². The van der Waals surface area contributed by atoms with Crippen molar-refractivity contribution in [2.24, 2.45) is 5.14 Å². The normalized spacial score (nSPS) is 11.1. The molecule has 2 amide bonds. The first-order chi connectivity index (χ1) is 15.8. The third-order valence-electron chi connectivity index (χ3n) is 4.73. The van der Waals surface area contributed by atoms with E-state index < -0.39 is 10.0 Å². The maximum Gasteiger partial charge on any atom is 0.251 e. The second-order valence-electron chi connectivity index (χ2n) is 7.30. The number of rotatable bonds is 10. The molecule has 0 fully saturated rings. The summed E-state index contributed by atoms with van der Waals surface area (Å²) < 4.78 is 22.6. The molecule has 0 aliphatic heterocycles. The molecule has 0 aliphatic carbocycles. The van der Waals surface area contributed by atoms with Crippen molar-refractivity contribution in [3.8, 4) is 0 Å². The van der Waals surface area contributed by atoms with Gasteiger partial charge in [0.1, 0.15) is 0 Å². The Balaban J connectivity index is 1.39. The molecule has 3 aromatic carbocycles. The van der Waals surface area contributed by atoms with E-state index in [1.807, 2.05) is 42.5 Å². The molecule has 0 saturated carbocycles. The SMILES string of the molecule is NS(=O)(=O)c1ccc(CCNC(=O)c2ccc(CSCC(=O)Nc3ccccc3)cc2)cc1. The molecule has 7 nitrogen and oxygen atoms in total. The lowest BCUT2D eigenvalue weighted by molar-refractivity contribution is -0.113. The molecule has 4 N–H and O–H groups in total. The Morgan fingerprint density at radius 3 is 2.12 bits per heavy atom. The number of thioether (sulfide) groups is 1. The predicted octanol–water partition coefficient (Wildman–Crippen LogP) is 3.18. The van der Waals surface area contributed by atoms with Crippen LogP contribution in [0, 0.1) is 0 Å². The molecule has 0 heterocycles. The van der Waals surface area contributed by atoms with Crippen molar-refractivity contribution in [1.29, 1.82) is 0 Å². The minimum absolute atomic E-state index is 0.0542. The number of benzene rings is 3. The number of primary sulfonamides is 1. The summed E-state index contributed by atoms with van der Waals surface area (Å²) in [6.07, 6.45) is 0.566. The van der Waals surface area contributed by atoms with Gasteiger partial charge >= 0.3 is 0 Å². The lowest BCUT2D eigenvalue weighted by Gasteiger charge is -2.08. The van der Waals surface area contributed by atoms with Gasteiger partial charge in [0.05, 0.1) is 10.6 Å². The van der Waals surface area contributed by atoms with Crippen molar-refractivity contribution in [3.63, 3.8) is 0 Å². The molecule has 172 valence electrons. The van der Waals surface area contributed by atoms with Crippen molar-refractivity contribution >= 4 is 39.3 Å². The van der Waals surface area contributed by atoms with Gasteiger partial charge in [-0.1, -0.05) is 42.5 Å². The molecule has 0 bridgehead atoms. The van der Waals surface area contributed by atoms with Crippen LogP contribution in [0.3, 0.4) is 0 Å². The number of nitrogens with two attached hydrogens (primary N) is 1. The molecule has 0 aromatic heterocycles. The van der Waals surface area contributed by atoms with E-state index >= 15 is 0 Å². The molecule has 0 unspecified atom stereocenters. The molecule has 33 heavy (non-hydrogen) atoms. The summed E-state index contributed by atoms with van der Waals surface area (Å²) >= 11 is 1.50. The van der Waals surface area contributed by atoms with E-state index in [1.165, 1.54) is 23.9 Å². The molecule has 0 radical (unpaired) electrons. The maximum absolute atomic E-state index is 12.3. The fraction of sp³-hybridized carbons (Fsp3) is 0.167. The van der Waals surface area contributed by atoms with Crippen LogP contribution in [-0.4, -0.2) is 32.5 Å². The highest BCUT2D eigenvalue weighted by atomic mass is 32.2. The van der Waals surface area contributed by atoms with E-state index in [-0.39, 0.29) is 16.7 Å². The van der Waals surface area contributed by atoms with Crippen LogP contribution in [0.2, 0.25) is 0 Å². The van der Waals surface area contributed by atoms with E-state index in [1.54, 1.807) is 24.3 Å². The summed E-state index contributed by atoms with van der Waals surface area (Å²) in [6, 6.07) is 22.9. The smallest absolute Gasteiger partial charge is 0.251 e. The fourth-order valence-corrected chi connectivity index (χ4v) is 4.30. The van der Waals surface area contributed by atoms with Gasteiger partial charge in [-0.25, -0.2) is 13.6 Å². The molecule has 0 spiro atoms. The van der Waals surface area contributed by atoms with Gasteiger partial charge in [-0.15, -0.1) is 11.8 Å². The summed E-state index contributed by atoms with van der Waals surface area (Å²) in [5.74, 6) is 0.771. The van der Waals surface area contributed by atoms with E-state index in [9.17, 15) is 18.0 Å². The number of carbonyl (C=O) groups is 2. The van der Waals surface area contributed by atoms with E-state index in [2.05, 4.69) is 10.6 Å². The van der Waals surface area contributed by atoms with Gasteiger partial charge in [-0.3, -0.25) is 9.59 Å². The molecule has 0 aliphatic rings. The average molecular weight is 484 g/mol. The highest BCUT2D eigenvalue weighted by Gasteiger charge is 2.08. The summed E-state index contributed by atoms with van der Waals surface area (Å²) in [5.41, 5.74) is 3.25. The van der Waals surface area contributed by atoms with Crippen molar-refractivity contribution in [1.82, 2.24) is 5.32 Å². The zero-order valence-corrected chi connectivity index (χ0v) is 19.5. The van der Waals surface area contributed by atoms with Gasteiger partial charge in [-0.2, -0.15) is 0 Å². The molecular weight excluding hydrogens is 458 g/mol. The van der Waals surface area contributed by atoms with Crippen molar-refractivity contribution in [3.05, 3.63) is 95.6 Å². The van der Waals surface area contributed by atoms with E-state index in [0.29, 0.717) is 30.0 Å². The van der Waals surface area contributed by atoms with Gasteiger partial charge < -0.3 is 10.6 Å². The van der Waals surface area contributed by atoms with Crippen molar-refractivity contribution in [2.75, 3.05) is 17.6 Å². The Morgan fingerprint density at radius 1 is 0.848 bits per heavy atom. The molecular formula is C24H25N3O4S2. The minimum atomic E-state index is -3.71. The largest absolute Gasteiger partial charge is 0.352 e. The second kappa shape index (κ2) is 11.6. The van der Waals surface area contributed by atoms with Gasteiger partial charge in [0.2, 0.25) is 15.9 Å². The van der Waals surface area contributed by atoms with Crippen molar-refractivity contribution in [2.45, 2.75) is 17.1 Å². The first kappa shape index (κ1) is 24.5. The highest BCUT2D eigenvalue weighted by molar-refractivity contribution is 7.99. The Kier molecular flexibility index (Phi) is 8.65. The zero-order valence-electron chi connectivity index (χ0n) is 17.9. The van der Waals surface area contributed by atoms with Crippen LogP contribution in [0.1, 0.15) is 21.5 Å². The van der Waals surface area contributed by atoms with Gasteiger partial charge in [-0.05, 0) is 53.9 Å². The molecule has 3 aromatic rings. The van der Waals surface area contributed by atoms with Crippen LogP contribution in [0.15, 0.2) is 83.8 Å². The van der Waals surface area contributed by atoms with Gasteiger partial charge in [0, 0.05) is 23.5 Å². The third-order valence-corrected chi connectivity index (χ3v) is 6.66. The van der Waals surface area contributed by atoms with Crippen LogP contribution in [-0.2, 0) is 27.0 Å². The lowest BCUT2D eigenvalue weighted by atomic mass is 10.1. The van der Waals surface area contributed by atoms with E-state index in [4.69, 9.17) is 5.14 Å². The van der Waals surface area contributed by atoms with Gasteiger partial charge in [0.15, 0.2) is 0 Å². The molecule has 0 saturated heterocycles. The highest BCUT2D eigenvalue weighted by Crippen LogP contribution is 2.14. The quantitative estimate of drug-likeness (QED) is 0.409. The number of sulfonamides is 1. The molecule has 9 heteroatoms. The summed E-state index contributed by atoms with van der Waals surface area (Å²) in [4.78, 5) is 24.4. The predicted molar refractivity (Wildman–Crippen MR) is 132 cm³/mol. The minimum Gasteiger partial charge on any atom is -0.352 e. The van der Waals surface area contributed by atoms with Crippen molar-refractivity contribution < 1.29 is 18.0 Å². The number of para-hydroxylation sites is 1. The summed E-state index contributed by atoms with van der Waals surface area (Å²) in [5, 5.41) is 10.8. The average Bonchev–Trinajstić information content (AvgIpc) is 2.80. The number of anilines is 1.